The number of carbonyl (C=O) groups excluding carboxylic acids is 1. The molecule has 0 radical (unpaired) electrons. The average Bonchev–Trinajstić information content (AvgIpc) is 2.94. The number of benzene rings is 2. The van der Waals surface area contributed by atoms with Gasteiger partial charge in [0.1, 0.15) is 12.4 Å². The van der Waals surface area contributed by atoms with Crippen LogP contribution < -0.4 is 4.74 Å². The zero-order chi connectivity index (χ0) is 19.9. The molecule has 28 heavy (non-hydrogen) atoms. The van der Waals surface area contributed by atoms with Gasteiger partial charge in [-0.2, -0.15) is 0 Å². The molecule has 2 aromatic carbocycles. The summed E-state index contributed by atoms with van der Waals surface area (Å²) in [5, 5.41) is 11.0. The second-order valence-corrected chi connectivity index (χ2v) is 6.57. The zero-order valence-corrected chi connectivity index (χ0v) is 15.4. The summed E-state index contributed by atoms with van der Waals surface area (Å²) in [6.45, 7) is 3.65. The van der Waals surface area contributed by atoms with E-state index in [1.54, 1.807) is 23.1 Å². The number of para-hydroxylation sites is 2. The Morgan fingerprint density at radius 3 is 2.57 bits per heavy atom. The summed E-state index contributed by atoms with van der Waals surface area (Å²) >= 11 is 0. The van der Waals surface area contributed by atoms with Gasteiger partial charge >= 0.3 is 5.69 Å². The summed E-state index contributed by atoms with van der Waals surface area (Å²) in [6.07, 6.45) is 0.818. The highest BCUT2D eigenvalue weighted by atomic mass is 19.1. The Balaban J connectivity index is 1.50. The van der Waals surface area contributed by atoms with Gasteiger partial charge in [-0.1, -0.05) is 12.1 Å². The summed E-state index contributed by atoms with van der Waals surface area (Å²) in [4.78, 5) is 27.1. The van der Waals surface area contributed by atoms with Gasteiger partial charge in [-0.15, -0.1) is 0 Å². The Morgan fingerprint density at radius 1 is 1.07 bits per heavy atom. The number of hydrogen-bond acceptors (Lipinski definition) is 5. The van der Waals surface area contributed by atoms with Gasteiger partial charge in [-0.25, -0.2) is 4.39 Å². The number of nitro groups is 1. The first-order chi connectivity index (χ1) is 13.5. The number of ether oxygens (including phenoxy) is 1. The van der Waals surface area contributed by atoms with Gasteiger partial charge in [-0.3, -0.25) is 19.8 Å². The monoisotopic (exact) mass is 387 g/mol. The van der Waals surface area contributed by atoms with Crippen LogP contribution in [-0.2, 0) is 0 Å². The first kappa shape index (κ1) is 19.8. The van der Waals surface area contributed by atoms with Crippen molar-refractivity contribution in [3.8, 4) is 5.75 Å². The molecule has 1 fully saturated rings. The van der Waals surface area contributed by atoms with Gasteiger partial charge in [0, 0.05) is 44.4 Å². The van der Waals surface area contributed by atoms with E-state index in [9.17, 15) is 19.3 Å². The number of carbonyl (C=O) groups is 1. The Hall–Kier alpha value is -3.00. The predicted molar refractivity (Wildman–Crippen MR) is 102 cm³/mol. The highest BCUT2D eigenvalue weighted by Gasteiger charge is 2.20. The standard InChI is InChI=1S/C20H22FN3O4/c21-17-8-6-16(7-9-17)20(25)23-11-3-10-22(12-13-23)14-15-28-19-5-2-1-4-18(19)24(26)27/h1-2,4-9H,3,10-15H2. The fourth-order valence-corrected chi connectivity index (χ4v) is 3.19. The first-order valence-corrected chi connectivity index (χ1v) is 9.18. The van der Waals surface area contributed by atoms with Crippen molar-refractivity contribution in [2.24, 2.45) is 0 Å². The topological polar surface area (TPSA) is 75.9 Å². The van der Waals surface area contributed by atoms with Crippen molar-refractivity contribution in [2.45, 2.75) is 6.42 Å². The van der Waals surface area contributed by atoms with Crippen LogP contribution in [0.15, 0.2) is 48.5 Å². The number of hydrogen-bond donors (Lipinski definition) is 0. The maximum atomic E-state index is 13.0. The molecule has 1 heterocycles. The molecule has 2 aromatic rings. The van der Waals surface area contributed by atoms with Crippen LogP contribution in [0.4, 0.5) is 10.1 Å². The van der Waals surface area contributed by atoms with Crippen LogP contribution in [0.5, 0.6) is 5.75 Å². The number of amides is 1. The minimum Gasteiger partial charge on any atom is -0.485 e. The molecule has 1 aliphatic rings. The van der Waals surface area contributed by atoms with E-state index < -0.39 is 4.92 Å². The van der Waals surface area contributed by atoms with Crippen LogP contribution in [0.3, 0.4) is 0 Å². The van der Waals surface area contributed by atoms with Gasteiger partial charge < -0.3 is 9.64 Å². The molecular weight excluding hydrogens is 365 g/mol. The van der Waals surface area contributed by atoms with Crippen LogP contribution in [-0.4, -0.2) is 60.0 Å². The molecule has 0 aromatic heterocycles. The van der Waals surface area contributed by atoms with Crippen LogP contribution >= 0.6 is 0 Å². The Labute approximate surface area is 162 Å². The Bertz CT molecular complexity index is 828. The van der Waals surface area contributed by atoms with E-state index in [1.165, 1.54) is 30.3 Å². The number of halogens is 1. The molecule has 3 rings (SSSR count). The summed E-state index contributed by atoms with van der Waals surface area (Å²) in [5.74, 6) is -0.203. The van der Waals surface area contributed by atoms with E-state index in [4.69, 9.17) is 4.74 Å². The lowest BCUT2D eigenvalue weighted by Crippen LogP contribution is -2.36. The molecular formula is C20H22FN3O4. The maximum absolute atomic E-state index is 13.0. The van der Waals surface area contributed by atoms with E-state index in [0.29, 0.717) is 38.3 Å². The number of rotatable bonds is 6. The molecule has 0 spiro atoms. The van der Waals surface area contributed by atoms with E-state index in [1.807, 2.05) is 0 Å². The molecule has 0 saturated carbocycles. The van der Waals surface area contributed by atoms with E-state index >= 15 is 0 Å². The third-order valence-corrected chi connectivity index (χ3v) is 4.69. The van der Waals surface area contributed by atoms with Crippen molar-refractivity contribution in [1.82, 2.24) is 9.80 Å². The van der Waals surface area contributed by atoms with Gasteiger partial charge in [-0.05, 0) is 36.8 Å². The maximum Gasteiger partial charge on any atom is 0.310 e. The quantitative estimate of drug-likeness (QED) is 0.563. The molecule has 8 heteroatoms. The molecule has 0 bridgehead atoms. The van der Waals surface area contributed by atoms with Gasteiger partial charge in [0.05, 0.1) is 4.92 Å². The van der Waals surface area contributed by atoms with Crippen LogP contribution in [0.1, 0.15) is 16.8 Å². The minimum absolute atomic E-state index is 0.0468. The molecule has 7 nitrogen and oxygen atoms in total. The molecule has 0 N–H and O–H groups in total. The Kier molecular flexibility index (Phi) is 6.54. The number of nitro benzene ring substituents is 1. The molecule has 0 aliphatic carbocycles. The molecule has 0 unspecified atom stereocenters. The van der Waals surface area contributed by atoms with E-state index in [-0.39, 0.29) is 23.2 Å². The molecule has 1 aliphatic heterocycles. The van der Waals surface area contributed by atoms with Crippen molar-refractivity contribution in [1.29, 1.82) is 0 Å². The summed E-state index contributed by atoms with van der Waals surface area (Å²) in [7, 11) is 0. The van der Waals surface area contributed by atoms with Gasteiger partial charge in [0.2, 0.25) is 0 Å². The SMILES string of the molecule is O=C(c1ccc(F)cc1)N1CCCN(CCOc2ccccc2[N+](=O)[O-])CC1. The summed E-state index contributed by atoms with van der Waals surface area (Å²) in [6, 6.07) is 11.9. The van der Waals surface area contributed by atoms with Gasteiger partial charge in [0.25, 0.3) is 5.91 Å². The fraction of sp³-hybridized carbons (Fsp3) is 0.350. The van der Waals surface area contributed by atoms with Crippen LogP contribution in [0.2, 0.25) is 0 Å². The lowest BCUT2D eigenvalue weighted by atomic mass is 10.2. The highest BCUT2D eigenvalue weighted by molar-refractivity contribution is 5.94. The predicted octanol–water partition coefficient (Wildman–Crippen LogP) is 2.96. The molecule has 0 atom stereocenters. The van der Waals surface area contributed by atoms with E-state index in [2.05, 4.69) is 4.90 Å². The third kappa shape index (κ3) is 5.04. The normalized spacial score (nSPS) is 15.1. The van der Waals surface area contributed by atoms with Gasteiger partial charge in [0.15, 0.2) is 5.75 Å². The fourth-order valence-electron chi connectivity index (χ4n) is 3.19. The molecule has 1 saturated heterocycles. The van der Waals surface area contributed by atoms with E-state index in [0.717, 1.165) is 13.0 Å². The second kappa shape index (κ2) is 9.27. The van der Waals surface area contributed by atoms with Crippen molar-refractivity contribution in [3.05, 3.63) is 70.0 Å². The molecule has 148 valence electrons. The van der Waals surface area contributed by atoms with Crippen LogP contribution in [0, 0.1) is 15.9 Å². The first-order valence-electron chi connectivity index (χ1n) is 9.18. The third-order valence-electron chi connectivity index (χ3n) is 4.69. The lowest BCUT2D eigenvalue weighted by Gasteiger charge is -2.22. The minimum atomic E-state index is -0.458. The summed E-state index contributed by atoms with van der Waals surface area (Å²) < 4.78 is 18.6. The van der Waals surface area contributed by atoms with Crippen LogP contribution in [0.25, 0.3) is 0 Å². The zero-order valence-electron chi connectivity index (χ0n) is 15.4. The summed E-state index contributed by atoms with van der Waals surface area (Å²) in [5.41, 5.74) is 0.434. The number of nitrogens with zero attached hydrogens (tertiary/aromatic N) is 3. The van der Waals surface area contributed by atoms with Crippen molar-refractivity contribution in [2.75, 3.05) is 39.3 Å². The Morgan fingerprint density at radius 2 is 1.82 bits per heavy atom. The lowest BCUT2D eigenvalue weighted by molar-refractivity contribution is -0.385. The van der Waals surface area contributed by atoms with Crippen molar-refractivity contribution in [3.63, 3.8) is 0 Å². The highest BCUT2D eigenvalue weighted by Crippen LogP contribution is 2.25. The average molecular weight is 387 g/mol. The second-order valence-electron chi connectivity index (χ2n) is 6.57. The van der Waals surface area contributed by atoms with Crippen molar-refractivity contribution < 1.29 is 18.8 Å². The van der Waals surface area contributed by atoms with Crippen molar-refractivity contribution >= 4 is 11.6 Å². The largest absolute Gasteiger partial charge is 0.485 e. The molecule has 1 amide bonds. The smallest absolute Gasteiger partial charge is 0.310 e.